The highest BCUT2D eigenvalue weighted by molar-refractivity contribution is 7.53. The molecule has 0 aromatic carbocycles. The van der Waals surface area contributed by atoms with Crippen LogP contribution in [0.1, 0.15) is 33.1 Å². The van der Waals surface area contributed by atoms with Crippen LogP contribution in [0.15, 0.2) is 0 Å². The van der Waals surface area contributed by atoms with Gasteiger partial charge in [-0.1, -0.05) is 20.3 Å². The smallest absolute Gasteiger partial charge is 0.330 e. The van der Waals surface area contributed by atoms with E-state index in [1.165, 1.54) is 7.11 Å². The van der Waals surface area contributed by atoms with Gasteiger partial charge in [0, 0.05) is 27.0 Å². The molecule has 1 fully saturated rings. The van der Waals surface area contributed by atoms with Gasteiger partial charge in [0.2, 0.25) is 0 Å². The highest BCUT2D eigenvalue weighted by atomic mass is 31.2. The van der Waals surface area contributed by atoms with Gasteiger partial charge in [-0.2, -0.15) is 0 Å². The van der Waals surface area contributed by atoms with E-state index in [-0.39, 0.29) is 18.2 Å². The highest BCUT2D eigenvalue weighted by Crippen LogP contribution is 2.51. The fourth-order valence-corrected chi connectivity index (χ4v) is 4.31. The molecule has 1 aliphatic heterocycles. The molecule has 148 valence electrons. The summed E-state index contributed by atoms with van der Waals surface area (Å²) in [6.45, 7) is 6.01. The van der Waals surface area contributed by atoms with Crippen molar-refractivity contribution in [1.82, 2.24) is 0 Å². The lowest BCUT2D eigenvalue weighted by atomic mass is 9.93. The normalized spacial score (nSPS) is 29.0. The molecule has 0 saturated carbocycles. The maximum absolute atomic E-state index is 12.8. The molecule has 0 aliphatic carbocycles. The van der Waals surface area contributed by atoms with Gasteiger partial charge in [-0.3, -0.25) is 9.09 Å². The molecule has 25 heavy (non-hydrogen) atoms. The fourth-order valence-electron chi connectivity index (χ4n) is 2.76. The van der Waals surface area contributed by atoms with Crippen LogP contribution in [0.4, 0.5) is 0 Å². The van der Waals surface area contributed by atoms with Crippen molar-refractivity contribution in [2.75, 3.05) is 46.8 Å². The van der Waals surface area contributed by atoms with Gasteiger partial charge in [0.05, 0.1) is 25.8 Å². The van der Waals surface area contributed by atoms with Gasteiger partial charge < -0.3 is 23.5 Å². The van der Waals surface area contributed by atoms with Crippen molar-refractivity contribution in [2.45, 2.75) is 57.4 Å². The molecule has 0 spiro atoms. The van der Waals surface area contributed by atoms with Crippen molar-refractivity contribution in [3.63, 3.8) is 0 Å². The Kier molecular flexibility index (Phi) is 11.5. The van der Waals surface area contributed by atoms with Crippen molar-refractivity contribution in [3.8, 4) is 0 Å². The molecule has 0 bridgehead atoms. The number of ether oxygens (including phenoxy) is 4. The van der Waals surface area contributed by atoms with Gasteiger partial charge in [-0.05, 0) is 12.8 Å². The fraction of sp³-hybridized carbons (Fsp3) is 1.00. The first kappa shape index (κ1) is 23.1. The Labute approximate surface area is 153 Å². The predicted molar refractivity (Wildman–Crippen MR) is 99.2 cm³/mol. The maximum Gasteiger partial charge on any atom is 0.330 e. The molecule has 0 N–H and O–H groups in total. The van der Waals surface area contributed by atoms with Crippen molar-refractivity contribution >= 4 is 15.4 Å². The van der Waals surface area contributed by atoms with Gasteiger partial charge in [0.25, 0.3) is 0 Å². The SMILES string of the molecule is B[C@@H]1OC(COCCCC)C(OP(=O)(CCC)OC)[C@@H]1OCCOC. The van der Waals surface area contributed by atoms with E-state index in [1.807, 2.05) is 14.8 Å². The standard InChI is InChI=1S/C16H34BO7P/c1-5-7-8-21-12-13-14(24-25(18,20-4)11-6-2)15(16(17)23-13)22-10-9-19-3/h13-16H,5-12,17H2,1-4H3/t13?,14?,15-,16+,25?/m0/s1. The van der Waals surface area contributed by atoms with Crippen LogP contribution in [-0.4, -0.2) is 79.0 Å². The summed E-state index contributed by atoms with van der Waals surface area (Å²) in [5.74, 6) is 0. The number of unbranched alkanes of at least 4 members (excludes halogenated alkanes) is 1. The molecule has 3 unspecified atom stereocenters. The number of rotatable bonds is 14. The second-order valence-electron chi connectivity index (χ2n) is 6.22. The van der Waals surface area contributed by atoms with Crippen LogP contribution in [0.2, 0.25) is 0 Å². The second-order valence-corrected chi connectivity index (χ2v) is 8.47. The Morgan fingerprint density at radius 1 is 1.08 bits per heavy atom. The van der Waals surface area contributed by atoms with E-state index >= 15 is 0 Å². The Balaban J connectivity index is 2.78. The lowest BCUT2D eigenvalue weighted by molar-refractivity contribution is -0.0415. The number of hydrogen-bond acceptors (Lipinski definition) is 7. The summed E-state index contributed by atoms with van der Waals surface area (Å²) in [4.78, 5) is 0. The van der Waals surface area contributed by atoms with Crippen molar-refractivity contribution in [1.29, 1.82) is 0 Å². The number of methoxy groups -OCH3 is 1. The first-order chi connectivity index (χ1) is 12.0. The van der Waals surface area contributed by atoms with Gasteiger partial charge in [0.1, 0.15) is 26.2 Å². The average molecular weight is 380 g/mol. The minimum atomic E-state index is -3.18. The van der Waals surface area contributed by atoms with Crippen molar-refractivity contribution in [3.05, 3.63) is 0 Å². The molecule has 1 heterocycles. The molecular weight excluding hydrogens is 346 g/mol. The van der Waals surface area contributed by atoms with Crippen LogP contribution in [0, 0.1) is 0 Å². The molecular formula is C16H34BO7P. The topological polar surface area (TPSA) is 72.5 Å². The summed E-state index contributed by atoms with van der Waals surface area (Å²) < 4.78 is 46.6. The molecule has 1 rings (SSSR count). The van der Waals surface area contributed by atoms with Gasteiger partial charge in [0.15, 0.2) is 0 Å². The molecule has 0 aromatic heterocycles. The van der Waals surface area contributed by atoms with E-state index in [4.69, 9.17) is 28.0 Å². The predicted octanol–water partition coefficient (Wildman–Crippen LogP) is 1.83. The zero-order valence-electron chi connectivity index (χ0n) is 16.3. The van der Waals surface area contributed by atoms with Crippen LogP contribution >= 0.6 is 7.60 Å². The highest BCUT2D eigenvalue weighted by Gasteiger charge is 2.47. The average Bonchev–Trinajstić information content (AvgIpc) is 2.87. The van der Waals surface area contributed by atoms with Crippen molar-refractivity contribution in [2.24, 2.45) is 0 Å². The third kappa shape index (κ3) is 7.67. The summed E-state index contributed by atoms with van der Waals surface area (Å²) in [7, 11) is 1.79. The Morgan fingerprint density at radius 2 is 1.84 bits per heavy atom. The van der Waals surface area contributed by atoms with Crippen LogP contribution in [0.3, 0.4) is 0 Å². The Hall–Kier alpha value is 0.0549. The summed E-state index contributed by atoms with van der Waals surface area (Å²) in [6.07, 6.45) is 1.97. The molecule has 9 heteroatoms. The first-order valence-electron chi connectivity index (χ1n) is 9.18. The third-order valence-corrected chi connectivity index (χ3v) is 6.24. The third-order valence-electron chi connectivity index (χ3n) is 4.12. The van der Waals surface area contributed by atoms with Gasteiger partial charge in [-0.25, -0.2) is 0 Å². The minimum absolute atomic E-state index is 0.187. The van der Waals surface area contributed by atoms with Crippen LogP contribution in [0.25, 0.3) is 0 Å². The van der Waals surface area contributed by atoms with Crippen LogP contribution in [0.5, 0.6) is 0 Å². The zero-order valence-corrected chi connectivity index (χ0v) is 17.2. The van der Waals surface area contributed by atoms with E-state index < -0.39 is 13.7 Å². The summed E-state index contributed by atoms with van der Waals surface area (Å²) >= 11 is 0. The molecule has 1 saturated heterocycles. The summed E-state index contributed by atoms with van der Waals surface area (Å²) in [5, 5.41) is 0. The quantitative estimate of drug-likeness (QED) is 0.259. The largest absolute Gasteiger partial charge is 0.382 e. The number of hydrogen-bond donors (Lipinski definition) is 0. The summed E-state index contributed by atoms with van der Waals surface area (Å²) in [6, 6.07) is -0.187. The molecule has 0 amide bonds. The van der Waals surface area contributed by atoms with E-state index in [1.54, 1.807) is 7.11 Å². The van der Waals surface area contributed by atoms with Gasteiger partial charge in [-0.15, -0.1) is 0 Å². The molecule has 7 nitrogen and oxygen atoms in total. The first-order valence-corrected chi connectivity index (χ1v) is 10.9. The molecule has 1 aliphatic rings. The van der Waals surface area contributed by atoms with Crippen LogP contribution < -0.4 is 0 Å². The zero-order chi connectivity index (χ0) is 18.7. The lowest BCUT2D eigenvalue weighted by Gasteiger charge is -2.27. The Morgan fingerprint density at radius 3 is 2.44 bits per heavy atom. The van der Waals surface area contributed by atoms with E-state index in [9.17, 15) is 4.57 Å². The minimum Gasteiger partial charge on any atom is -0.382 e. The van der Waals surface area contributed by atoms with E-state index in [0.717, 1.165) is 12.8 Å². The second kappa shape index (κ2) is 12.4. The monoisotopic (exact) mass is 380 g/mol. The molecule has 0 radical (unpaired) electrons. The van der Waals surface area contributed by atoms with Crippen LogP contribution in [-0.2, 0) is 32.6 Å². The van der Waals surface area contributed by atoms with E-state index in [2.05, 4.69) is 6.92 Å². The van der Waals surface area contributed by atoms with Crippen molar-refractivity contribution < 1.29 is 32.6 Å². The molecule has 5 atom stereocenters. The Bertz CT molecular complexity index is 399. The van der Waals surface area contributed by atoms with Gasteiger partial charge >= 0.3 is 7.60 Å². The lowest BCUT2D eigenvalue weighted by Crippen LogP contribution is -2.39. The molecule has 0 aromatic rings. The maximum atomic E-state index is 12.8. The summed E-state index contributed by atoms with van der Waals surface area (Å²) in [5.41, 5.74) is 0. The van der Waals surface area contributed by atoms with E-state index in [0.29, 0.717) is 39.0 Å².